The molecule has 2 heterocycles. The van der Waals surface area contributed by atoms with E-state index in [1.807, 2.05) is 13.8 Å². The molecule has 1 aliphatic carbocycles. The molecule has 27 heavy (non-hydrogen) atoms. The minimum absolute atomic E-state index is 0.141. The third-order valence-electron chi connectivity index (χ3n) is 6.70. The first-order chi connectivity index (χ1) is 13.0. The molecule has 1 atom stereocenters. The summed E-state index contributed by atoms with van der Waals surface area (Å²) in [5.41, 5.74) is 5.33. The molecule has 1 N–H and O–H groups in total. The SMILES string of the molecule is CNC(=O)CC1CC2(CCN(Cc3c(C)noc3C)CC2)c2ccccc21. The number of carbonyl (C=O) groups excluding carboxylic acids is 1. The third-order valence-corrected chi connectivity index (χ3v) is 6.70. The van der Waals surface area contributed by atoms with Crippen LogP contribution < -0.4 is 5.32 Å². The molecule has 0 saturated carbocycles. The van der Waals surface area contributed by atoms with Gasteiger partial charge in [0, 0.05) is 25.6 Å². The van der Waals surface area contributed by atoms with Crippen molar-refractivity contribution in [2.75, 3.05) is 20.1 Å². The van der Waals surface area contributed by atoms with E-state index in [1.165, 1.54) is 16.7 Å². The summed E-state index contributed by atoms with van der Waals surface area (Å²) >= 11 is 0. The maximum absolute atomic E-state index is 12.0. The van der Waals surface area contributed by atoms with Gasteiger partial charge in [0.1, 0.15) is 5.76 Å². The van der Waals surface area contributed by atoms with Crippen LogP contribution in [0.5, 0.6) is 0 Å². The Morgan fingerprint density at radius 3 is 2.70 bits per heavy atom. The number of amides is 1. The molecule has 1 aromatic carbocycles. The Balaban J connectivity index is 1.50. The standard InChI is InChI=1S/C22H29N3O2/c1-15-19(16(2)27-24-15)14-25-10-8-22(9-11-25)13-17(12-21(26)23-3)18-6-4-5-7-20(18)22/h4-7,17H,8-14H2,1-3H3,(H,23,26). The maximum Gasteiger partial charge on any atom is 0.220 e. The molecule has 5 nitrogen and oxygen atoms in total. The number of hydrogen-bond donors (Lipinski definition) is 1. The lowest BCUT2D eigenvalue weighted by atomic mass is 9.73. The van der Waals surface area contributed by atoms with Gasteiger partial charge < -0.3 is 9.84 Å². The molecule has 1 saturated heterocycles. The average molecular weight is 367 g/mol. The second-order valence-corrected chi connectivity index (χ2v) is 8.22. The summed E-state index contributed by atoms with van der Waals surface area (Å²) in [5, 5.41) is 6.88. The highest BCUT2D eigenvalue weighted by molar-refractivity contribution is 5.77. The van der Waals surface area contributed by atoms with E-state index >= 15 is 0 Å². The zero-order valence-electron chi connectivity index (χ0n) is 16.5. The second kappa shape index (κ2) is 7.12. The van der Waals surface area contributed by atoms with E-state index in [9.17, 15) is 4.79 Å². The van der Waals surface area contributed by atoms with E-state index < -0.39 is 0 Å². The van der Waals surface area contributed by atoms with Crippen LogP contribution in [-0.2, 0) is 16.8 Å². The fraction of sp³-hybridized carbons (Fsp3) is 0.545. The molecule has 144 valence electrons. The van der Waals surface area contributed by atoms with Crippen molar-refractivity contribution in [1.29, 1.82) is 0 Å². The highest BCUT2D eigenvalue weighted by atomic mass is 16.5. The molecule has 1 aromatic heterocycles. The number of aromatic nitrogens is 1. The molecule has 2 aromatic rings. The molecule has 0 bridgehead atoms. The molecular formula is C22H29N3O2. The molecule has 1 fully saturated rings. The van der Waals surface area contributed by atoms with E-state index in [0.29, 0.717) is 12.3 Å². The zero-order chi connectivity index (χ0) is 19.0. The van der Waals surface area contributed by atoms with Crippen LogP contribution in [0.3, 0.4) is 0 Å². The lowest BCUT2D eigenvalue weighted by Gasteiger charge is -2.40. The molecule has 0 radical (unpaired) electrons. The Hall–Kier alpha value is -2.14. The lowest BCUT2D eigenvalue weighted by molar-refractivity contribution is -0.121. The molecule has 1 amide bonds. The Morgan fingerprint density at radius 1 is 1.30 bits per heavy atom. The van der Waals surface area contributed by atoms with Crippen molar-refractivity contribution in [3.63, 3.8) is 0 Å². The Morgan fingerprint density at radius 2 is 2.04 bits per heavy atom. The number of aryl methyl sites for hydroxylation is 2. The van der Waals surface area contributed by atoms with Gasteiger partial charge in [-0.05, 0) is 68.7 Å². The van der Waals surface area contributed by atoms with Crippen LogP contribution in [0.4, 0.5) is 0 Å². The average Bonchev–Trinajstić information content (AvgIpc) is 3.16. The summed E-state index contributed by atoms with van der Waals surface area (Å²) in [6.45, 7) is 7.09. The van der Waals surface area contributed by atoms with Crippen LogP contribution in [0.15, 0.2) is 28.8 Å². The topological polar surface area (TPSA) is 58.4 Å². The number of carbonyl (C=O) groups is 1. The molecule has 2 aliphatic rings. The smallest absolute Gasteiger partial charge is 0.220 e. The van der Waals surface area contributed by atoms with Crippen molar-refractivity contribution in [3.05, 3.63) is 52.4 Å². The van der Waals surface area contributed by atoms with Gasteiger partial charge in [-0.15, -0.1) is 0 Å². The minimum atomic E-state index is 0.141. The first-order valence-corrected chi connectivity index (χ1v) is 9.96. The lowest BCUT2D eigenvalue weighted by Crippen LogP contribution is -2.41. The number of nitrogens with one attached hydrogen (secondary N) is 1. The van der Waals surface area contributed by atoms with E-state index in [-0.39, 0.29) is 11.3 Å². The van der Waals surface area contributed by atoms with Gasteiger partial charge in [0.25, 0.3) is 0 Å². The van der Waals surface area contributed by atoms with Crippen molar-refractivity contribution < 1.29 is 9.32 Å². The van der Waals surface area contributed by atoms with Crippen LogP contribution in [-0.4, -0.2) is 36.1 Å². The van der Waals surface area contributed by atoms with Crippen LogP contribution in [0.25, 0.3) is 0 Å². The molecular weight excluding hydrogens is 338 g/mol. The fourth-order valence-corrected chi connectivity index (χ4v) is 5.10. The Bertz CT molecular complexity index is 814. The monoisotopic (exact) mass is 367 g/mol. The summed E-state index contributed by atoms with van der Waals surface area (Å²) in [5.74, 6) is 1.42. The Labute approximate surface area is 161 Å². The first-order valence-electron chi connectivity index (χ1n) is 9.96. The van der Waals surface area contributed by atoms with Gasteiger partial charge in [-0.3, -0.25) is 9.69 Å². The number of rotatable bonds is 4. The summed E-state index contributed by atoms with van der Waals surface area (Å²) < 4.78 is 5.32. The van der Waals surface area contributed by atoms with Gasteiger partial charge in [-0.25, -0.2) is 0 Å². The molecule has 1 unspecified atom stereocenters. The van der Waals surface area contributed by atoms with E-state index in [1.54, 1.807) is 7.05 Å². The Kier molecular flexibility index (Phi) is 4.81. The molecule has 5 heteroatoms. The zero-order valence-corrected chi connectivity index (χ0v) is 16.5. The predicted molar refractivity (Wildman–Crippen MR) is 105 cm³/mol. The predicted octanol–water partition coefficient (Wildman–Crippen LogP) is 3.45. The number of piperidine rings is 1. The summed E-state index contributed by atoms with van der Waals surface area (Å²) in [4.78, 5) is 14.5. The highest BCUT2D eigenvalue weighted by Gasteiger charge is 2.45. The van der Waals surface area contributed by atoms with E-state index in [0.717, 1.165) is 50.4 Å². The summed E-state index contributed by atoms with van der Waals surface area (Å²) in [6, 6.07) is 8.79. The van der Waals surface area contributed by atoms with Gasteiger partial charge in [0.2, 0.25) is 5.91 Å². The number of benzene rings is 1. The van der Waals surface area contributed by atoms with Gasteiger partial charge in [0.15, 0.2) is 0 Å². The van der Waals surface area contributed by atoms with E-state index in [4.69, 9.17) is 4.52 Å². The number of hydrogen-bond acceptors (Lipinski definition) is 4. The van der Waals surface area contributed by atoms with Gasteiger partial charge in [-0.2, -0.15) is 0 Å². The normalized spacial score (nSPS) is 21.4. The van der Waals surface area contributed by atoms with Gasteiger partial charge in [0.05, 0.1) is 5.69 Å². The van der Waals surface area contributed by atoms with Crippen LogP contribution in [0.2, 0.25) is 0 Å². The van der Waals surface area contributed by atoms with Crippen molar-refractivity contribution in [3.8, 4) is 0 Å². The maximum atomic E-state index is 12.0. The van der Waals surface area contributed by atoms with Crippen LogP contribution in [0, 0.1) is 13.8 Å². The van der Waals surface area contributed by atoms with Gasteiger partial charge >= 0.3 is 0 Å². The second-order valence-electron chi connectivity index (χ2n) is 8.22. The van der Waals surface area contributed by atoms with Gasteiger partial charge in [-0.1, -0.05) is 29.4 Å². The summed E-state index contributed by atoms with van der Waals surface area (Å²) in [7, 11) is 1.73. The summed E-state index contributed by atoms with van der Waals surface area (Å²) in [6.07, 6.45) is 3.99. The third kappa shape index (κ3) is 3.29. The van der Waals surface area contributed by atoms with Crippen LogP contribution in [0.1, 0.15) is 59.7 Å². The minimum Gasteiger partial charge on any atom is -0.361 e. The molecule has 4 rings (SSSR count). The van der Waals surface area contributed by atoms with Crippen molar-refractivity contribution in [2.45, 2.75) is 57.4 Å². The number of nitrogens with zero attached hydrogens (tertiary/aromatic N) is 2. The molecule has 1 aliphatic heterocycles. The van der Waals surface area contributed by atoms with Crippen molar-refractivity contribution >= 4 is 5.91 Å². The van der Waals surface area contributed by atoms with Crippen molar-refractivity contribution in [2.24, 2.45) is 0 Å². The number of fused-ring (bicyclic) bond motifs is 2. The molecule has 1 spiro atoms. The highest BCUT2D eigenvalue weighted by Crippen LogP contribution is 2.52. The quantitative estimate of drug-likeness (QED) is 0.899. The van der Waals surface area contributed by atoms with Crippen LogP contribution >= 0.6 is 0 Å². The largest absolute Gasteiger partial charge is 0.361 e. The van der Waals surface area contributed by atoms with Crippen molar-refractivity contribution in [1.82, 2.24) is 15.4 Å². The number of likely N-dealkylation sites (tertiary alicyclic amines) is 1. The fourth-order valence-electron chi connectivity index (χ4n) is 5.10. The van der Waals surface area contributed by atoms with E-state index in [2.05, 4.69) is 39.6 Å². The first kappa shape index (κ1) is 18.2.